The Bertz CT molecular complexity index is 420. The zero-order valence-electron chi connectivity index (χ0n) is 8.88. The van der Waals surface area contributed by atoms with Gasteiger partial charge in [-0.3, -0.25) is 15.0 Å². The van der Waals surface area contributed by atoms with Crippen molar-refractivity contribution in [2.45, 2.75) is 19.8 Å². The Morgan fingerprint density at radius 1 is 0.933 bits per heavy atom. The molecule has 0 aromatic carbocycles. The van der Waals surface area contributed by atoms with Gasteiger partial charge < -0.3 is 0 Å². The smallest absolute Gasteiger partial charge is 0.107 e. The fourth-order valence-corrected chi connectivity index (χ4v) is 1.33. The van der Waals surface area contributed by atoms with Crippen LogP contribution in [0.2, 0.25) is 0 Å². The Balaban J connectivity index is 2.32. The molecular weight excluding hydrogens is 186 g/mol. The van der Waals surface area contributed by atoms with Crippen LogP contribution in [0.1, 0.15) is 25.3 Å². The maximum atomic E-state index is 4.37. The first-order valence-corrected chi connectivity index (χ1v) is 4.99. The maximum Gasteiger partial charge on any atom is 0.107 e. The van der Waals surface area contributed by atoms with Gasteiger partial charge in [-0.05, 0) is 17.5 Å². The lowest BCUT2D eigenvalue weighted by atomic mass is 10.1. The second-order valence-electron chi connectivity index (χ2n) is 3.72. The van der Waals surface area contributed by atoms with E-state index in [1.807, 2.05) is 12.3 Å². The van der Waals surface area contributed by atoms with E-state index in [0.29, 0.717) is 5.92 Å². The Morgan fingerprint density at radius 2 is 1.80 bits per heavy atom. The summed E-state index contributed by atoms with van der Waals surface area (Å²) in [6.07, 6.45) is 6.95. The van der Waals surface area contributed by atoms with Gasteiger partial charge in [0.05, 0.1) is 11.9 Å². The number of nitrogens with zero attached hydrogens (tertiary/aromatic N) is 3. The third-order valence-corrected chi connectivity index (χ3v) is 2.28. The summed E-state index contributed by atoms with van der Waals surface area (Å²) >= 11 is 0. The molecule has 2 aromatic rings. The van der Waals surface area contributed by atoms with Gasteiger partial charge in [-0.15, -0.1) is 0 Å². The molecule has 0 saturated heterocycles. The van der Waals surface area contributed by atoms with Crippen LogP contribution in [-0.2, 0) is 0 Å². The number of aromatic nitrogens is 3. The second kappa shape index (κ2) is 4.17. The van der Waals surface area contributed by atoms with Crippen molar-refractivity contribution in [1.82, 2.24) is 15.0 Å². The number of pyridine rings is 1. The molecular formula is C12H13N3. The summed E-state index contributed by atoms with van der Waals surface area (Å²) in [5, 5.41) is 0. The summed E-state index contributed by atoms with van der Waals surface area (Å²) in [6.45, 7) is 4.30. The van der Waals surface area contributed by atoms with E-state index < -0.39 is 0 Å². The highest BCUT2D eigenvalue weighted by Gasteiger charge is 2.02. The lowest BCUT2D eigenvalue weighted by molar-refractivity contribution is 0.858. The molecule has 0 unspecified atom stereocenters. The van der Waals surface area contributed by atoms with Crippen LogP contribution in [0.15, 0.2) is 36.9 Å². The molecule has 3 nitrogen and oxygen atoms in total. The van der Waals surface area contributed by atoms with E-state index in [4.69, 9.17) is 0 Å². The monoisotopic (exact) mass is 199 g/mol. The minimum atomic E-state index is 0.508. The molecule has 2 heterocycles. The van der Waals surface area contributed by atoms with Gasteiger partial charge in [0.15, 0.2) is 0 Å². The lowest BCUT2D eigenvalue weighted by Gasteiger charge is -2.05. The van der Waals surface area contributed by atoms with Crippen LogP contribution in [0, 0.1) is 0 Å². The third-order valence-electron chi connectivity index (χ3n) is 2.28. The molecule has 2 rings (SSSR count). The van der Waals surface area contributed by atoms with Crippen LogP contribution in [0.5, 0.6) is 0 Å². The SMILES string of the molecule is CC(C)c1ccc(-c2cnccn2)nc1. The van der Waals surface area contributed by atoms with E-state index in [1.54, 1.807) is 18.6 Å². The van der Waals surface area contributed by atoms with E-state index in [0.717, 1.165) is 11.4 Å². The number of hydrogen-bond donors (Lipinski definition) is 0. The minimum Gasteiger partial charge on any atom is -0.261 e. The molecule has 0 fully saturated rings. The van der Waals surface area contributed by atoms with Crippen molar-refractivity contribution in [3.8, 4) is 11.4 Å². The number of rotatable bonds is 2. The van der Waals surface area contributed by atoms with Crippen LogP contribution in [-0.4, -0.2) is 15.0 Å². The highest BCUT2D eigenvalue weighted by atomic mass is 14.8. The first-order valence-electron chi connectivity index (χ1n) is 4.99. The van der Waals surface area contributed by atoms with Crippen molar-refractivity contribution in [3.05, 3.63) is 42.5 Å². The van der Waals surface area contributed by atoms with Gasteiger partial charge in [-0.2, -0.15) is 0 Å². The molecule has 0 aliphatic rings. The first kappa shape index (κ1) is 9.77. The Labute approximate surface area is 89.2 Å². The molecule has 2 aromatic heterocycles. The Kier molecular flexibility index (Phi) is 2.72. The van der Waals surface area contributed by atoms with E-state index in [2.05, 4.69) is 34.9 Å². The van der Waals surface area contributed by atoms with Crippen molar-refractivity contribution in [1.29, 1.82) is 0 Å². The van der Waals surface area contributed by atoms with Crippen LogP contribution >= 0.6 is 0 Å². The summed E-state index contributed by atoms with van der Waals surface area (Å²) in [7, 11) is 0. The fraction of sp³-hybridized carbons (Fsp3) is 0.250. The van der Waals surface area contributed by atoms with E-state index in [-0.39, 0.29) is 0 Å². The van der Waals surface area contributed by atoms with Gasteiger partial charge >= 0.3 is 0 Å². The van der Waals surface area contributed by atoms with Gasteiger partial charge in [-0.25, -0.2) is 0 Å². The topological polar surface area (TPSA) is 38.7 Å². The van der Waals surface area contributed by atoms with Gasteiger partial charge in [0.2, 0.25) is 0 Å². The minimum absolute atomic E-state index is 0.508. The highest BCUT2D eigenvalue weighted by molar-refractivity contribution is 5.52. The quantitative estimate of drug-likeness (QED) is 0.746. The molecule has 0 N–H and O–H groups in total. The fourth-order valence-electron chi connectivity index (χ4n) is 1.33. The molecule has 0 spiro atoms. The molecule has 0 atom stereocenters. The summed E-state index contributed by atoms with van der Waals surface area (Å²) in [4.78, 5) is 12.6. The molecule has 3 heteroatoms. The van der Waals surface area contributed by atoms with Crippen molar-refractivity contribution < 1.29 is 0 Å². The van der Waals surface area contributed by atoms with E-state index in [1.165, 1.54) is 5.56 Å². The van der Waals surface area contributed by atoms with Crippen LogP contribution in [0.3, 0.4) is 0 Å². The van der Waals surface area contributed by atoms with Gasteiger partial charge in [0, 0.05) is 18.6 Å². The normalized spacial score (nSPS) is 10.6. The van der Waals surface area contributed by atoms with Crippen LogP contribution < -0.4 is 0 Å². The molecule has 0 radical (unpaired) electrons. The largest absolute Gasteiger partial charge is 0.261 e. The Hall–Kier alpha value is -1.77. The average molecular weight is 199 g/mol. The van der Waals surface area contributed by atoms with Crippen LogP contribution in [0.25, 0.3) is 11.4 Å². The summed E-state index contributed by atoms with van der Waals surface area (Å²) in [5.41, 5.74) is 2.92. The number of hydrogen-bond acceptors (Lipinski definition) is 3. The first-order chi connectivity index (χ1) is 7.27. The molecule has 0 bridgehead atoms. The molecule has 76 valence electrons. The Morgan fingerprint density at radius 3 is 2.33 bits per heavy atom. The summed E-state index contributed by atoms with van der Waals surface area (Å²) in [6, 6.07) is 4.07. The maximum absolute atomic E-state index is 4.37. The van der Waals surface area contributed by atoms with Gasteiger partial charge in [0.25, 0.3) is 0 Å². The molecule has 0 saturated carbocycles. The van der Waals surface area contributed by atoms with Gasteiger partial charge in [-0.1, -0.05) is 19.9 Å². The standard InChI is InChI=1S/C12H13N3/c1-9(2)10-3-4-11(15-7-10)12-8-13-5-6-14-12/h3-9H,1-2H3. The van der Waals surface area contributed by atoms with E-state index >= 15 is 0 Å². The van der Waals surface area contributed by atoms with E-state index in [9.17, 15) is 0 Å². The third kappa shape index (κ3) is 2.18. The van der Waals surface area contributed by atoms with Crippen molar-refractivity contribution in [3.63, 3.8) is 0 Å². The molecule has 0 amide bonds. The van der Waals surface area contributed by atoms with Crippen molar-refractivity contribution >= 4 is 0 Å². The predicted octanol–water partition coefficient (Wildman–Crippen LogP) is 2.66. The molecule has 0 aliphatic carbocycles. The lowest BCUT2D eigenvalue weighted by Crippen LogP contribution is -1.92. The van der Waals surface area contributed by atoms with Gasteiger partial charge in [0.1, 0.15) is 5.69 Å². The van der Waals surface area contributed by atoms with Crippen molar-refractivity contribution in [2.24, 2.45) is 0 Å². The molecule has 15 heavy (non-hydrogen) atoms. The zero-order valence-corrected chi connectivity index (χ0v) is 8.88. The zero-order chi connectivity index (χ0) is 10.7. The summed E-state index contributed by atoms with van der Waals surface area (Å²) < 4.78 is 0. The predicted molar refractivity (Wildman–Crippen MR) is 59.4 cm³/mol. The molecule has 0 aliphatic heterocycles. The van der Waals surface area contributed by atoms with Crippen molar-refractivity contribution in [2.75, 3.05) is 0 Å². The second-order valence-corrected chi connectivity index (χ2v) is 3.72. The summed E-state index contributed by atoms with van der Waals surface area (Å²) in [5.74, 6) is 0.508. The average Bonchev–Trinajstić information content (AvgIpc) is 2.30. The van der Waals surface area contributed by atoms with Crippen LogP contribution in [0.4, 0.5) is 0 Å². The highest BCUT2D eigenvalue weighted by Crippen LogP contribution is 2.17.